The zero-order valence-electron chi connectivity index (χ0n) is 14.4. The van der Waals surface area contributed by atoms with Crippen LogP contribution in [0, 0.1) is 5.92 Å². The fourth-order valence-corrected chi connectivity index (χ4v) is 2.58. The van der Waals surface area contributed by atoms with Crippen LogP contribution in [0.5, 0.6) is 0 Å². The first-order chi connectivity index (χ1) is 11.1. The van der Waals surface area contributed by atoms with Crippen LogP contribution in [0.2, 0.25) is 0 Å². The molecule has 1 fully saturated rings. The van der Waals surface area contributed by atoms with Gasteiger partial charge < -0.3 is 15.8 Å². The van der Waals surface area contributed by atoms with Crippen molar-refractivity contribution in [3.8, 4) is 0 Å². The normalized spacial score (nSPS) is 16.7. The highest BCUT2D eigenvalue weighted by Crippen LogP contribution is 2.14. The molecule has 3 N–H and O–H groups in total. The predicted octanol–water partition coefficient (Wildman–Crippen LogP) is 1.97. The van der Waals surface area contributed by atoms with E-state index in [0.717, 1.165) is 45.8 Å². The summed E-state index contributed by atoms with van der Waals surface area (Å²) in [5.41, 5.74) is 8.52. The lowest BCUT2D eigenvalue weighted by Crippen LogP contribution is -2.36. The summed E-state index contributed by atoms with van der Waals surface area (Å²) in [4.78, 5) is 6.91. The molecule has 23 heavy (non-hydrogen) atoms. The summed E-state index contributed by atoms with van der Waals surface area (Å²) in [5.74, 6) is 1.20. The van der Waals surface area contributed by atoms with Crippen LogP contribution in [0.15, 0.2) is 29.3 Å². The van der Waals surface area contributed by atoms with Crippen molar-refractivity contribution in [3.63, 3.8) is 0 Å². The standard InChI is InChI=1S/C18H30N4O/c1-15(2)7-8-20-18(19)21-13-16-5-3-4-6-17(16)14-22-9-11-23-12-10-22/h3-6,15H,7-14H2,1-2H3,(H3,19,20,21). The van der Waals surface area contributed by atoms with Crippen molar-refractivity contribution < 1.29 is 4.74 Å². The van der Waals surface area contributed by atoms with Gasteiger partial charge in [-0.05, 0) is 23.5 Å². The molecule has 0 bridgehead atoms. The fraction of sp³-hybridized carbons (Fsp3) is 0.611. The van der Waals surface area contributed by atoms with E-state index in [4.69, 9.17) is 10.5 Å². The van der Waals surface area contributed by atoms with Gasteiger partial charge in [0.05, 0.1) is 19.8 Å². The zero-order chi connectivity index (χ0) is 16.5. The number of hydrogen-bond acceptors (Lipinski definition) is 3. The summed E-state index contributed by atoms with van der Waals surface area (Å²) < 4.78 is 5.41. The maximum atomic E-state index is 5.95. The van der Waals surface area contributed by atoms with Gasteiger partial charge in [-0.2, -0.15) is 0 Å². The van der Waals surface area contributed by atoms with E-state index >= 15 is 0 Å². The monoisotopic (exact) mass is 318 g/mol. The van der Waals surface area contributed by atoms with Gasteiger partial charge in [-0.25, -0.2) is 4.99 Å². The van der Waals surface area contributed by atoms with Gasteiger partial charge in [-0.3, -0.25) is 4.90 Å². The lowest BCUT2D eigenvalue weighted by atomic mass is 10.1. The Morgan fingerprint density at radius 1 is 1.26 bits per heavy atom. The molecule has 0 radical (unpaired) electrons. The number of benzene rings is 1. The van der Waals surface area contributed by atoms with Crippen LogP contribution in [0.25, 0.3) is 0 Å². The maximum Gasteiger partial charge on any atom is 0.188 e. The molecule has 1 heterocycles. The molecule has 0 spiro atoms. The van der Waals surface area contributed by atoms with Crippen LogP contribution < -0.4 is 11.1 Å². The van der Waals surface area contributed by atoms with Crippen molar-refractivity contribution in [2.45, 2.75) is 33.4 Å². The molecule has 0 amide bonds. The average molecular weight is 318 g/mol. The molecule has 0 saturated carbocycles. The van der Waals surface area contributed by atoms with Crippen molar-refractivity contribution in [1.29, 1.82) is 0 Å². The van der Waals surface area contributed by atoms with Gasteiger partial charge in [0, 0.05) is 26.2 Å². The van der Waals surface area contributed by atoms with E-state index in [0.29, 0.717) is 18.4 Å². The largest absolute Gasteiger partial charge is 0.379 e. The molecule has 1 aromatic rings. The van der Waals surface area contributed by atoms with E-state index in [1.54, 1.807) is 0 Å². The minimum Gasteiger partial charge on any atom is -0.379 e. The van der Waals surface area contributed by atoms with Gasteiger partial charge in [0.25, 0.3) is 0 Å². The third-order valence-corrected chi connectivity index (χ3v) is 4.06. The Hall–Kier alpha value is -1.59. The first-order valence-electron chi connectivity index (χ1n) is 8.56. The van der Waals surface area contributed by atoms with Crippen molar-refractivity contribution in [2.24, 2.45) is 16.6 Å². The van der Waals surface area contributed by atoms with E-state index in [2.05, 4.69) is 53.3 Å². The summed E-state index contributed by atoms with van der Waals surface area (Å²) >= 11 is 0. The lowest BCUT2D eigenvalue weighted by Gasteiger charge is -2.27. The van der Waals surface area contributed by atoms with Crippen LogP contribution >= 0.6 is 0 Å². The summed E-state index contributed by atoms with van der Waals surface area (Å²) in [6, 6.07) is 8.48. The van der Waals surface area contributed by atoms with Crippen LogP contribution in [0.4, 0.5) is 0 Å². The van der Waals surface area contributed by atoms with Crippen molar-refractivity contribution >= 4 is 5.96 Å². The molecule has 1 aliphatic rings. The lowest BCUT2D eigenvalue weighted by molar-refractivity contribution is 0.0341. The molecular formula is C18H30N4O. The maximum absolute atomic E-state index is 5.95. The average Bonchev–Trinajstić information content (AvgIpc) is 2.55. The van der Waals surface area contributed by atoms with Gasteiger partial charge >= 0.3 is 0 Å². The number of morpholine rings is 1. The van der Waals surface area contributed by atoms with Crippen molar-refractivity contribution in [3.05, 3.63) is 35.4 Å². The zero-order valence-corrected chi connectivity index (χ0v) is 14.4. The number of ether oxygens (including phenoxy) is 1. The summed E-state index contributed by atoms with van der Waals surface area (Å²) in [7, 11) is 0. The smallest absolute Gasteiger partial charge is 0.188 e. The highest BCUT2D eigenvalue weighted by molar-refractivity contribution is 5.77. The Balaban J connectivity index is 1.88. The highest BCUT2D eigenvalue weighted by Gasteiger charge is 2.12. The summed E-state index contributed by atoms with van der Waals surface area (Å²) in [6.45, 7) is 10.5. The molecule has 0 aliphatic carbocycles. The number of nitrogens with one attached hydrogen (secondary N) is 1. The SMILES string of the molecule is CC(C)CCNC(N)=NCc1ccccc1CN1CCOCC1. The minimum atomic E-state index is 0.534. The molecular weight excluding hydrogens is 288 g/mol. The molecule has 5 heteroatoms. The number of rotatable bonds is 7. The number of aliphatic imine (C=N–C) groups is 1. The summed E-state index contributed by atoms with van der Waals surface area (Å²) in [6.07, 6.45) is 1.10. The Bertz CT molecular complexity index is 496. The second-order valence-electron chi connectivity index (χ2n) is 6.47. The first kappa shape index (κ1) is 17.8. The number of guanidine groups is 1. The molecule has 5 nitrogen and oxygen atoms in total. The van der Waals surface area contributed by atoms with Gasteiger partial charge in [-0.15, -0.1) is 0 Å². The summed E-state index contributed by atoms with van der Waals surface area (Å²) in [5, 5.41) is 3.19. The van der Waals surface area contributed by atoms with E-state index in [-0.39, 0.29) is 0 Å². The van der Waals surface area contributed by atoms with Crippen molar-refractivity contribution in [2.75, 3.05) is 32.8 Å². The van der Waals surface area contributed by atoms with Gasteiger partial charge in [0.15, 0.2) is 5.96 Å². The number of nitrogens with zero attached hydrogens (tertiary/aromatic N) is 2. The first-order valence-corrected chi connectivity index (χ1v) is 8.56. The van der Waals surface area contributed by atoms with Gasteiger partial charge in [0.2, 0.25) is 0 Å². The minimum absolute atomic E-state index is 0.534. The Labute approximate surface area is 139 Å². The molecule has 0 aromatic heterocycles. The third kappa shape index (κ3) is 6.59. The molecule has 2 rings (SSSR count). The Kier molecular flexibility index (Phi) is 7.36. The van der Waals surface area contributed by atoms with E-state index in [1.165, 1.54) is 11.1 Å². The molecule has 128 valence electrons. The Morgan fingerprint density at radius 2 is 1.96 bits per heavy atom. The predicted molar refractivity (Wildman–Crippen MR) is 95.3 cm³/mol. The topological polar surface area (TPSA) is 62.9 Å². The molecule has 1 saturated heterocycles. The second-order valence-corrected chi connectivity index (χ2v) is 6.47. The van der Waals surface area contributed by atoms with Crippen LogP contribution in [-0.4, -0.2) is 43.7 Å². The van der Waals surface area contributed by atoms with Crippen molar-refractivity contribution in [1.82, 2.24) is 10.2 Å². The fourth-order valence-electron chi connectivity index (χ4n) is 2.58. The van der Waals surface area contributed by atoms with Gasteiger partial charge in [-0.1, -0.05) is 38.1 Å². The molecule has 1 aromatic carbocycles. The molecule has 1 aliphatic heterocycles. The van der Waals surface area contributed by atoms with E-state index in [1.807, 2.05) is 0 Å². The quantitative estimate of drug-likeness (QED) is 0.596. The molecule has 0 unspecified atom stereocenters. The number of nitrogens with two attached hydrogens (primary N) is 1. The highest BCUT2D eigenvalue weighted by atomic mass is 16.5. The second kappa shape index (κ2) is 9.53. The van der Waals surface area contributed by atoms with Crippen LogP contribution in [-0.2, 0) is 17.8 Å². The van der Waals surface area contributed by atoms with Crippen LogP contribution in [0.1, 0.15) is 31.4 Å². The number of hydrogen-bond donors (Lipinski definition) is 2. The molecule has 0 atom stereocenters. The third-order valence-electron chi connectivity index (χ3n) is 4.06. The Morgan fingerprint density at radius 3 is 2.65 bits per heavy atom. The van der Waals surface area contributed by atoms with Gasteiger partial charge in [0.1, 0.15) is 0 Å². The van der Waals surface area contributed by atoms with E-state index < -0.39 is 0 Å². The van der Waals surface area contributed by atoms with Crippen LogP contribution in [0.3, 0.4) is 0 Å². The van der Waals surface area contributed by atoms with E-state index in [9.17, 15) is 0 Å².